The maximum atomic E-state index is 12.1. The van der Waals surface area contributed by atoms with Crippen LogP contribution in [0.3, 0.4) is 0 Å². The van der Waals surface area contributed by atoms with E-state index in [1.807, 2.05) is 11.4 Å². The van der Waals surface area contributed by atoms with Gasteiger partial charge < -0.3 is 10.1 Å². The van der Waals surface area contributed by atoms with Crippen molar-refractivity contribution in [1.82, 2.24) is 15.0 Å². The molecule has 0 radical (unpaired) electrons. The van der Waals surface area contributed by atoms with Crippen LogP contribution in [0.1, 0.15) is 6.92 Å². The molecule has 0 unspecified atom stereocenters. The molecular formula is C16H13ClN4O3S2. The Morgan fingerprint density at radius 1 is 1.35 bits per heavy atom. The molecule has 0 saturated heterocycles. The van der Waals surface area contributed by atoms with Crippen molar-refractivity contribution in [3.8, 4) is 0 Å². The Labute approximate surface area is 162 Å². The molecule has 3 rings (SSSR count). The topological polar surface area (TPSA) is 94.1 Å². The van der Waals surface area contributed by atoms with E-state index in [-0.39, 0.29) is 10.9 Å². The van der Waals surface area contributed by atoms with Crippen molar-refractivity contribution >= 4 is 62.5 Å². The van der Waals surface area contributed by atoms with Gasteiger partial charge in [0.15, 0.2) is 11.3 Å². The number of carbonyl (C=O) groups excluding carboxylic acids is 2. The molecule has 0 aliphatic heterocycles. The molecular weight excluding hydrogens is 396 g/mol. The van der Waals surface area contributed by atoms with Crippen LogP contribution in [0.4, 0.5) is 5.69 Å². The zero-order chi connectivity index (χ0) is 18.5. The number of hydrogen-bond donors (Lipinski definition) is 1. The van der Waals surface area contributed by atoms with Crippen molar-refractivity contribution in [2.75, 3.05) is 11.1 Å². The summed E-state index contributed by atoms with van der Waals surface area (Å²) in [5.41, 5.74) is 0.359. The molecule has 3 heterocycles. The van der Waals surface area contributed by atoms with Crippen molar-refractivity contribution in [3.05, 3.63) is 41.3 Å². The lowest BCUT2D eigenvalue weighted by Crippen LogP contribution is -2.30. The van der Waals surface area contributed by atoms with Crippen molar-refractivity contribution < 1.29 is 14.3 Å². The molecule has 1 amide bonds. The minimum Gasteiger partial charge on any atom is -0.452 e. The van der Waals surface area contributed by atoms with E-state index < -0.39 is 18.0 Å². The third-order valence-corrected chi connectivity index (χ3v) is 5.35. The van der Waals surface area contributed by atoms with Gasteiger partial charge in [-0.3, -0.25) is 9.59 Å². The van der Waals surface area contributed by atoms with Crippen LogP contribution >= 0.6 is 34.7 Å². The number of rotatable bonds is 6. The van der Waals surface area contributed by atoms with Crippen LogP contribution in [0.2, 0.25) is 5.15 Å². The second-order valence-electron chi connectivity index (χ2n) is 5.07. The summed E-state index contributed by atoms with van der Waals surface area (Å²) in [6.45, 7) is 1.49. The summed E-state index contributed by atoms with van der Waals surface area (Å²) >= 11 is 8.63. The van der Waals surface area contributed by atoms with Gasteiger partial charge in [-0.2, -0.15) is 0 Å². The molecule has 0 aromatic carbocycles. The maximum Gasteiger partial charge on any atom is 0.317 e. The molecule has 26 heavy (non-hydrogen) atoms. The standard InChI is InChI=1S/C16H13ClN4O3S2/c1-9(14(23)21-11-3-2-5-18-13(11)17)24-12(22)7-26-16-10-4-6-25-15(10)19-8-20-16/h2-6,8-9H,7H2,1H3,(H,21,23)/t9-/m1/s1. The number of aromatic nitrogens is 3. The van der Waals surface area contributed by atoms with E-state index in [9.17, 15) is 9.59 Å². The number of nitrogens with one attached hydrogen (secondary N) is 1. The second-order valence-corrected chi connectivity index (χ2v) is 7.29. The summed E-state index contributed by atoms with van der Waals surface area (Å²) in [4.78, 5) is 37.2. The van der Waals surface area contributed by atoms with Crippen LogP contribution in [0.15, 0.2) is 41.1 Å². The Bertz CT molecular complexity index is 950. The van der Waals surface area contributed by atoms with Gasteiger partial charge in [0.1, 0.15) is 16.2 Å². The number of amides is 1. The lowest BCUT2D eigenvalue weighted by atomic mass is 10.3. The fraction of sp³-hybridized carbons (Fsp3) is 0.188. The number of anilines is 1. The van der Waals surface area contributed by atoms with Crippen molar-refractivity contribution in [1.29, 1.82) is 0 Å². The summed E-state index contributed by atoms with van der Waals surface area (Å²) in [5.74, 6) is -0.967. The molecule has 10 heteroatoms. The van der Waals surface area contributed by atoms with Gasteiger partial charge in [-0.1, -0.05) is 23.4 Å². The van der Waals surface area contributed by atoms with Crippen LogP contribution < -0.4 is 5.32 Å². The van der Waals surface area contributed by atoms with Gasteiger partial charge in [0.05, 0.1) is 11.4 Å². The highest BCUT2D eigenvalue weighted by Crippen LogP contribution is 2.27. The number of halogens is 1. The molecule has 3 aromatic rings. The van der Waals surface area contributed by atoms with E-state index in [1.54, 1.807) is 12.1 Å². The van der Waals surface area contributed by atoms with Crippen molar-refractivity contribution in [3.63, 3.8) is 0 Å². The number of carbonyl (C=O) groups is 2. The predicted octanol–water partition coefficient (Wildman–Crippen LogP) is 3.40. The molecule has 1 atom stereocenters. The Hall–Kier alpha value is -2.23. The summed E-state index contributed by atoms with van der Waals surface area (Å²) in [6.07, 6.45) is 2.00. The van der Waals surface area contributed by atoms with Crippen molar-refractivity contribution in [2.24, 2.45) is 0 Å². The summed E-state index contributed by atoms with van der Waals surface area (Å²) in [6, 6.07) is 5.15. The number of fused-ring (bicyclic) bond motifs is 1. The third kappa shape index (κ3) is 4.48. The van der Waals surface area contributed by atoms with Gasteiger partial charge in [-0.25, -0.2) is 15.0 Å². The van der Waals surface area contributed by atoms with Crippen molar-refractivity contribution in [2.45, 2.75) is 18.1 Å². The first-order valence-corrected chi connectivity index (χ1v) is 9.71. The lowest BCUT2D eigenvalue weighted by Gasteiger charge is -2.13. The fourth-order valence-electron chi connectivity index (χ4n) is 2.01. The van der Waals surface area contributed by atoms with E-state index >= 15 is 0 Å². The smallest absolute Gasteiger partial charge is 0.317 e. The van der Waals surface area contributed by atoms with Crippen LogP contribution in [0, 0.1) is 0 Å². The average molecular weight is 409 g/mol. The molecule has 0 bridgehead atoms. The molecule has 0 spiro atoms. The largest absolute Gasteiger partial charge is 0.452 e. The highest BCUT2D eigenvalue weighted by atomic mass is 35.5. The summed E-state index contributed by atoms with van der Waals surface area (Å²) < 4.78 is 5.16. The minimum absolute atomic E-state index is 0.0349. The number of thiophene rings is 1. The van der Waals surface area contributed by atoms with E-state index in [0.717, 1.165) is 10.2 Å². The molecule has 134 valence electrons. The number of thioether (sulfide) groups is 1. The first kappa shape index (κ1) is 18.6. The normalized spacial score (nSPS) is 11.9. The van der Waals surface area contributed by atoms with E-state index in [1.165, 1.54) is 42.5 Å². The highest BCUT2D eigenvalue weighted by Gasteiger charge is 2.19. The van der Waals surface area contributed by atoms with Gasteiger partial charge in [-0.15, -0.1) is 11.3 Å². The Morgan fingerprint density at radius 2 is 2.19 bits per heavy atom. The van der Waals surface area contributed by atoms with Gasteiger partial charge in [-0.05, 0) is 30.5 Å². The first-order chi connectivity index (χ1) is 12.5. The summed E-state index contributed by atoms with van der Waals surface area (Å²) in [7, 11) is 0. The van der Waals surface area contributed by atoms with Gasteiger partial charge in [0, 0.05) is 11.6 Å². The van der Waals surface area contributed by atoms with Crippen LogP contribution in [-0.2, 0) is 14.3 Å². The predicted molar refractivity (Wildman–Crippen MR) is 102 cm³/mol. The Balaban J connectivity index is 1.53. The molecule has 0 fully saturated rings. The number of esters is 1. The van der Waals surface area contributed by atoms with E-state index in [4.69, 9.17) is 16.3 Å². The number of pyridine rings is 1. The third-order valence-electron chi connectivity index (χ3n) is 3.25. The number of hydrogen-bond acceptors (Lipinski definition) is 8. The summed E-state index contributed by atoms with van der Waals surface area (Å²) in [5, 5.41) is 6.25. The molecule has 1 N–H and O–H groups in total. The maximum absolute atomic E-state index is 12.1. The quantitative estimate of drug-likeness (QED) is 0.289. The van der Waals surface area contributed by atoms with Gasteiger partial charge in [0.2, 0.25) is 0 Å². The van der Waals surface area contributed by atoms with Crippen LogP contribution in [-0.4, -0.2) is 38.7 Å². The number of nitrogens with zero attached hydrogens (tertiary/aromatic N) is 3. The lowest BCUT2D eigenvalue weighted by molar-refractivity contribution is -0.150. The Kier molecular flexibility index (Phi) is 6.02. The minimum atomic E-state index is -0.967. The molecule has 7 nitrogen and oxygen atoms in total. The molecule has 0 aliphatic carbocycles. The Morgan fingerprint density at radius 3 is 3.00 bits per heavy atom. The highest BCUT2D eigenvalue weighted by molar-refractivity contribution is 8.00. The monoisotopic (exact) mass is 408 g/mol. The first-order valence-electron chi connectivity index (χ1n) is 7.46. The SMILES string of the molecule is C[C@@H](OC(=O)CSc1ncnc2sccc12)C(=O)Nc1cccnc1Cl. The van der Waals surface area contributed by atoms with Crippen LogP contribution in [0.25, 0.3) is 10.2 Å². The molecule has 3 aromatic heterocycles. The zero-order valence-corrected chi connectivity index (χ0v) is 15.9. The number of ether oxygens (including phenoxy) is 1. The average Bonchev–Trinajstić information content (AvgIpc) is 3.11. The van der Waals surface area contributed by atoms with Gasteiger partial charge >= 0.3 is 5.97 Å². The second kappa shape index (κ2) is 8.43. The van der Waals surface area contributed by atoms with E-state index in [0.29, 0.717) is 10.7 Å². The zero-order valence-electron chi connectivity index (χ0n) is 13.5. The van der Waals surface area contributed by atoms with E-state index in [2.05, 4.69) is 20.3 Å². The van der Waals surface area contributed by atoms with Gasteiger partial charge in [0.25, 0.3) is 5.91 Å². The van der Waals surface area contributed by atoms with Crippen LogP contribution in [0.5, 0.6) is 0 Å². The molecule has 0 saturated carbocycles. The molecule has 0 aliphatic rings. The fourth-order valence-corrected chi connectivity index (χ4v) is 3.74.